The standard InChI is InChI=1S/C34H38FN3O5.Na/c1-23(2)32-31(34(43)37(21-24-9-5-3-6-10-24)22-25-11-7-4-8-12-25)36-33(26-13-15-27(35)16-14-26)38(32)18-17-28(39)19-29(40)20-30(41)42;/h3-16,23,28-29,39-40H,17-22H2,1-2H3,(H,41,42);/q;+1/p-1/t28-,29-;/m1./s1. The molecule has 4 aromatic rings. The number of nitrogens with zero attached hydrogens (tertiary/aromatic N) is 3. The molecule has 4 rings (SSSR count). The predicted molar refractivity (Wildman–Crippen MR) is 159 cm³/mol. The van der Waals surface area contributed by atoms with E-state index in [0.29, 0.717) is 30.2 Å². The minimum absolute atomic E-state index is 0. The number of aliphatic hydroxyl groups excluding tert-OH is 2. The van der Waals surface area contributed by atoms with E-state index >= 15 is 0 Å². The molecule has 8 nitrogen and oxygen atoms in total. The smallest absolute Gasteiger partial charge is 0.550 e. The van der Waals surface area contributed by atoms with Gasteiger partial charge in [0.15, 0.2) is 5.69 Å². The summed E-state index contributed by atoms with van der Waals surface area (Å²) in [7, 11) is 0. The van der Waals surface area contributed by atoms with Gasteiger partial charge in [0.1, 0.15) is 11.6 Å². The second-order valence-corrected chi connectivity index (χ2v) is 11.0. The van der Waals surface area contributed by atoms with Gasteiger partial charge in [0.2, 0.25) is 0 Å². The molecule has 0 bridgehead atoms. The van der Waals surface area contributed by atoms with Crippen LogP contribution in [0.3, 0.4) is 0 Å². The first-order chi connectivity index (χ1) is 20.6. The van der Waals surface area contributed by atoms with Crippen LogP contribution in [0.5, 0.6) is 0 Å². The van der Waals surface area contributed by atoms with Crippen molar-refractivity contribution in [1.29, 1.82) is 0 Å². The summed E-state index contributed by atoms with van der Waals surface area (Å²) < 4.78 is 15.7. The van der Waals surface area contributed by atoms with Gasteiger partial charge in [-0.3, -0.25) is 4.79 Å². The Balaban J connectivity index is 0.00000529. The number of carboxylic acids is 1. The Hall–Kier alpha value is -3.34. The van der Waals surface area contributed by atoms with E-state index in [-0.39, 0.29) is 66.5 Å². The van der Waals surface area contributed by atoms with Crippen molar-refractivity contribution < 1.29 is 58.9 Å². The Morgan fingerprint density at radius 3 is 1.93 bits per heavy atom. The molecule has 0 spiro atoms. The summed E-state index contributed by atoms with van der Waals surface area (Å²) in [5, 5.41) is 31.4. The number of aliphatic hydroxyl groups is 2. The minimum atomic E-state index is -1.39. The fraction of sp³-hybridized carbons (Fsp3) is 0.324. The number of carbonyl (C=O) groups excluding carboxylic acids is 2. The van der Waals surface area contributed by atoms with Gasteiger partial charge in [0.05, 0.1) is 17.9 Å². The second-order valence-electron chi connectivity index (χ2n) is 11.0. The molecule has 0 fully saturated rings. The monoisotopic (exact) mass is 609 g/mol. The van der Waals surface area contributed by atoms with Crippen LogP contribution in [0.1, 0.15) is 66.3 Å². The Morgan fingerprint density at radius 2 is 1.43 bits per heavy atom. The van der Waals surface area contributed by atoms with Crippen molar-refractivity contribution in [2.24, 2.45) is 0 Å². The van der Waals surface area contributed by atoms with Gasteiger partial charge in [-0.05, 0) is 54.2 Å². The number of hydrogen-bond acceptors (Lipinski definition) is 6. The summed E-state index contributed by atoms with van der Waals surface area (Å²) in [6, 6.07) is 25.3. The van der Waals surface area contributed by atoms with Crippen molar-refractivity contribution in [3.63, 3.8) is 0 Å². The van der Waals surface area contributed by atoms with Gasteiger partial charge in [0, 0.05) is 37.6 Å². The van der Waals surface area contributed by atoms with Crippen LogP contribution < -0.4 is 34.7 Å². The first kappa shape index (κ1) is 35.1. The largest absolute Gasteiger partial charge is 1.00 e. The molecule has 0 saturated carbocycles. The molecule has 1 aromatic heterocycles. The van der Waals surface area contributed by atoms with Gasteiger partial charge in [-0.1, -0.05) is 74.5 Å². The van der Waals surface area contributed by atoms with Crippen LogP contribution in [-0.4, -0.2) is 48.7 Å². The molecular formula is C34H37FN3NaO5. The molecular weight excluding hydrogens is 572 g/mol. The number of aromatic nitrogens is 2. The molecule has 0 unspecified atom stereocenters. The zero-order valence-electron chi connectivity index (χ0n) is 25.4. The minimum Gasteiger partial charge on any atom is -0.550 e. The average Bonchev–Trinajstić information content (AvgIpc) is 3.36. The van der Waals surface area contributed by atoms with E-state index in [4.69, 9.17) is 4.98 Å². The van der Waals surface area contributed by atoms with Gasteiger partial charge in [-0.2, -0.15) is 0 Å². The topological polar surface area (TPSA) is 119 Å². The van der Waals surface area contributed by atoms with E-state index < -0.39 is 30.4 Å². The van der Waals surface area contributed by atoms with Gasteiger partial charge in [0.25, 0.3) is 5.91 Å². The molecule has 1 amide bonds. The van der Waals surface area contributed by atoms with Crippen LogP contribution in [0, 0.1) is 5.82 Å². The van der Waals surface area contributed by atoms with Crippen molar-refractivity contribution in [1.82, 2.24) is 14.5 Å². The first-order valence-electron chi connectivity index (χ1n) is 14.4. The summed E-state index contributed by atoms with van der Waals surface area (Å²) in [6.07, 6.45) is -2.80. The van der Waals surface area contributed by atoms with Crippen molar-refractivity contribution in [2.75, 3.05) is 0 Å². The molecule has 0 radical (unpaired) electrons. The van der Waals surface area contributed by atoms with Crippen LogP contribution >= 0.6 is 0 Å². The first-order valence-corrected chi connectivity index (χ1v) is 14.4. The van der Waals surface area contributed by atoms with E-state index in [1.807, 2.05) is 79.1 Å². The maximum Gasteiger partial charge on any atom is 1.00 e. The predicted octanol–water partition coefficient (Wildman–Crippen LogP) is 1.30. The summed E-state index contributed by atoms with van der Waals surface area (Å²) >= 11 is 0. The molecule has 44 heavy (non-hydrogen) atoms. The van der Waals surface area contributed by atoms with Crippen molar-refractivity contribution in [3.8, 4) is 11.4 Å². The Morgan fingerprint density at radius 1 is 0.886 bits per heavy atom. The fourth-order valence-corrected chi connectivity index (χ4v) is 5.20. The number of halogens is 1. The van der Waals surface area contributed by atoms with Crippen molar-refractivity contribution in [2.45, 2.75) is 70.9 Å². The second kappa shape index (κ2) is 16.7. The molecule has 0 aliphatic heterocycles. The van der Waals surface area contributed by atoms with Crippen LogP contribution in [-0.2, 0) is 24.4 Å². The Bertz CT molecular complexity index is 1460. The summed E-state index contributed by atoms with van der Waals surface area (Å²) in [5.41, 5.74) is 3.47. The quantitative estimate of drug-likeness (QED) is 0.208. The van der Waals surface area contributed by atoms with E-state index in [1.165, 1.54) is 12.1 Å². The Kier molecular flexibility index (Phi) is 13.3. The molecule has 0 saturated heterocycles. The molecule has 10 heteroatoms. The zero-order chi connectivity index (χ0) is 30.9. The summed E-state index contributed by atoms with van der Waals surface area (Å²) in [6.45, 7) is 4.87. The normalized spacial score (nSPS) is 12.4. The van der Waals surface area contributed by atoms with Crippen molar-refractivity contribution >= 4 is 11.9 Å². The van der Waals surface area contributed by atoms with Gasteiger partial charge in [-0.15, -0.1) is 0 Å². The zero-order valence-corrected chi connectivity index (χ0v) is 27.4. The van der Waals surface area contributed by atoms with E-state index in [2.05, 4.69) is 0 Å². The molecule has 226 valence electrons. The van der Waals surface area contributed by atoms with E-state index in [1.54, 1.807) is 17.0 Å². The van der Waals surface area contributed by atoms with Crippen LogP contribution in [0.2, 0.25) is 0 Å². The number of carboxylic acid groups (broad SMARTS) is 1. The third kappa shape index (κ3) is 9.58. The number of hydrogen-bond donors (Lipinski definition) is 2. The summed E-state index contributed by atoms with van der Waals surface area (Å²) in [4.78, 5) is 31.8. The maximum absolute atomic E-state index is 14.4. The number of amides is 1. The maximum atomic E-state index is 14.4. The third-order valence-electron chi connectivity index (χ3n) is 7.21. The number of aliphatic carboxylic acids is 1. The van der Waals surface area contributed by atoms with Crippen molar-refractivity contribution in [3.05, 3.63) is 113 Å². The molecule has 2 N–H and O–H groups in total. The molecule has 0 aliphatic rings. The van der Waals surface area contributed by atoms with Gasteiger partial charge < -0.3 is 29.6 Å². The number of carbonyl (C=O) groups is 2. The molecule has 3 aromatic carbocycles. The van der Waals surface area contributed by atoms with Gasteiger partial charge >= 0.3 is 29.6 Å². The number of rotatable bonds is 14. The number of benzene rings is 3. The van der Waals surface area contributed by atoms with Crippen LogP contribution in [0.4, 0.5) is 4.39 Å². The third-order valence-corrected chi connectivity index (χ3v) is 7.21. The molecule has 1 heterocycles. The SMILES string of the molecule is CC(C)c1c(C(=O)N(Cc2ccccc2)Cc2ccccc2)nc(-c2ccc(F)cc2)n1CC[C@@H](O)C[C@@H](O)CC(=O)[O-].[Na+]. The number of imidazole rings is 1. The van der Waals surface area contributed by atoms with Crippen LogP contribution in [0.15, 0.2) is 84.9 Å². The summed E-state index contributed by atoms with van der Waals surface area (Å²) in [5.74, 6) is -1.75. The molecule has 0 aliphatic carbocycles. The van der Waals surface area contributed by atoms with E-state index in [9.17, 15) is 29.3 Å². The van der Waals surface area contributed by atoms with Gasteiger partial charge in [-0.25, -0.2) is 9.37 Å². The fourth-order valence-electron chi connectivity index (χ4n) is 5.20. The van der Waals surface area contributed by atoms with E-state index in [0.717, 1.165) is 11.1 Å². The molecule has 2 atom stereocenters. The average molecular weight is 610 g/mol. The Labute approximate surface area is 279 Å². The van der Waals surface area contributed by atoms with Crippen LogP contribution in [0.25, 0.3) is 11.4 Å².